The lowest BCUT2D eigenvalue weighted by molar-refractivity contribution is 0.413. The Morgan fingerprint density at radius 2 is 2.37 bits per heavy atom. The highest BCUT2D eigenvalue weighted by Gasteiger charge is 2.06. The molecule has 0 saturated heterocycles. The summed E-state index contributed by atoms with van der Waals surface area (Å²) >= 11 is 0. The van der Waals surface area contributed by atoms with Crippen LogP contribution in [-0.2, 0) is 6.54 Å². The number of hydrogen-bond acceptors (Lipinski definition) is 3. The summed E-state index contributed by atoms with van der Waals surface area (Å²) in [5.41, 5.74) is 2.34. The molecule has 4 heteroatoms. The number of aromatic nitrogens is 2. The van der Waals surface area contributed by atoms with E-state index in [1.165, 1.54) is 5.56 Å². The topological polar surface area (TPSA) is 39.1 Å². The van der Waals surface area contributed by atoms with Crippen molar-refractivity contribution in [3.05, 3.63) is 54.4 Å². The highest BCUT2D eigenvalue weighted by molar-refractivity contribution is 5.30. The fourth-order valence-corrected chi connectivity index (χ4v) is 1.87. The van der Waals surface area contributed by atoms with Gasteiger partial charge in [-0.2, -0.15) is 5.10 Å². The smallest absolute Gasteiger partial charge is 0.119 e. The lowest BCUT2D eigenvalue weighted by Gasteiger charge is -2.14. The van der Waals surface area contributed by atoms with Gasteiger partial charge in [0.1, 0.15) is 5.75 Å². The second-order valence-electron chi connectivity index (χ2n) is 4.39. The van der Waals surface area contributed by atoms with Crippen LogP contribution in [-0.4, -0.2) is 16.9 Å². The molecular weight excluding hydrogens is 238 g/mol. The molecule has 19 heavy (non-hydrogen) atoms. The van der Waals surface area contributed by atoms with Gasteiger partial charge >= 0.3 is 0 Å². The van der Waals surface area contributed by atoms with Crippen LogP contribution in [0.15, 0.2) is 43.2 Å². The van der Waals surface area contributed by atoms with Gasteiger partial charge < -0.3 is 10.1 Å². The summed E-state index contributed by atoms with van der Waals surface area (Å²) < 4.78 is 6.94. The van der Waals surface area contributed by atoms with Crippen LogP contribution in [0.2, 0.25) is 0 Å². The quantitative estimate of drug-likeness (QED) is 0.865. The summed E-state index contributed by atoms with van der Waals surface area (Å²) in [5.74, 6) is 0.880. The third-order valence-electron chi connectivity index (χ3n) is 3.05. The van der Waals surface area contributed by atoms with E-state index in [-0.39, 0.29) is 6.04 Å². The zero-order valence-corrected chi connectivity index (χ0v) is 11.3. The fourth-order valence-electron chi connectivity index (χ4n) is 1.87. The molecule has 2 rings (SSSR count). The maximum Gasteiger partial charge on any atom is 0.119 e. The molecule has 0 amide bonds. The molecule has 0 saturated carbocycles. The van der Waals surface area contributed by atoms with Gasteiger partial charge in [-0.05, 0) is 24.6 Å². The highest BCUT2D eigenvalue weighted by atomic mass is 16.5. The molecule has 0 aliphatic carbocycles. The summed E-state index contributed by atoms with van der Waals surface area (Å²) in [4.78, 5) is 0. The van der Waals surface area contributed by atoms with E-state index in [0.717, 1.165) is 17.9 Å². The number of hydrogen-bond donors (Lipinski definition) is 1. The second-order valence-corrected chi connectivity index (χ2v) is 4.39. The number of methoxy groups -OCH3 is 1. The van der Waals surface area contributed by atoms with E-state index in [1.54, 1.807) is 18.0 Å². The highest BCUT2D eigenvalue weighted by Crippen LogP contribution is 2.19. The molecule has 2 aromatic rings. The molecule has 1 heterocycles. The van der Waals surface area contributed by atoms with E-state index < -0.39 is 0 Å². The zero-order valence-electron chi connectivity index (χ0n) is 11.3. The summed E-state index contributed by atoms with van der Waals surface area (Å²) in [6.07, 6.45) is 5.47. The Labute approximate surface area is 113 Å². The van der Waals surface area contributed by atoms with Crippen molar-refractivity contribution in [3.63, 3.8) is 0 Å². The summed E-state index contributed by atoms with van der Waals surface area (Å²) in [6, 6.07) is 8.34. The number of rotatable bonds is 6. The Balaban J connectivity index is 1.96. The van der Waals surface area contributed by atoms with Crippen LogP contribution >= 0.6 is 0 Å². The first-order valence-corrected chi connectivity index (χ1v) is 6.26. The minimum absolute atomic E-state index is 0.252. The molecule has 0 fully saturated rings. The van der Waals surface area contributed by atoms with Gasteiger partial charge in [0.2, 0.25) is 0 Å². The number of benzene rings is 1. The Kier molecular flexibility index (Phi) is 4.36. The van der Waals surface area contributed by atoms with Crippen molar-refractivity contribution in [2.75, 3.05) is 7.11 Å². The van der Waals surface area contributed by atoms with Crippen LogP contribution in [0.1, 0.15) is 24.1 Å². The van der Waals surface area contributed by atoms with Crippen molar-refractivity contribution in [1.29, 1.82) is 0 Å². The van der Waals surface area contributed by atoms with Crippen molar-refractivity contribution in [1.82, 2.24) is 15.1 Å². The Hall–Kier alpha value is -2.07. The molecule has 0 aliphatic heterocycles. The van der Waals surface area contributed by atoms with E-state index in [9.17, 15) is 0 Å². The van der Waals surface area contributed by atoms with Gasteiger partial charge in [0.25, 0.3) is 0 Å². The van der Waals surface area contributed by atoms with Crippen molar-refractivity contribution >= 4 is 6.20 Å². The van der Waals surface area contributed by atoms with E-state index in [1.807, 2.05) is 30.6 Å². The van der Waals surface area contributed by atoms with Crippen LogP contribution in [0, 0.1) is 0 Å². The molecular formula is C15H19N3O. The lowest BCUT2D eigenvalue weighted by Crippen LogP contribution is -2.17. The van der Waals surface area contributed by atoms with Crippen LogP contribution in [0.3, 0.4) is 0 Å². The average Bonchev–Trinajstić information content (AvgIpc) is 2.93. The first-order chi connectivity index (χ1) is 9.22. The van der Waals surface area contributed by atoms with Crippen LogP contribution < -0.4 is 10.1 Å². The molecule has 0 spiro atoms. The Bertz CT molecular complexity index is 548. The maximum absolute atomic E-state index is 5.23. The van der Waals surface area contributed by atoms with Gasteiger partial charge in [0.15, 0.2) is 0 Å². The molecule has 1 aromatic heterocycles. The maximum atomic E-state index is 5.23. The molecule has 1 atom stereocenters. The molecule has 0 aliphatic rings. The van der Waals surface area contributed by atoms with Gasteiger partial charge in [-0.25, -0.2) is 4.68 Å². The van der Waals surface area contributed by atoms with E-state index in [0.29, 0.717) is 0 Å². The van der Waals surface area contributed by atoms with E-state index in [2.05, 4.69) is 30.0 Å². The standard InChI is InChI=1S/C15H19N3O/c1-4-18-11-13(10-17-18)9-16-12(2)14-6-5-7-15(8-14)19-3/h4-8,10-12,16H,1,9H2,2-3H3/t12-/m0/s1. The SMILES string of the molecule is C=Cn1cc(CN[C@@H](C)c2cccc(OC)c2)cn1. The van der Waals surface area contributed by atoms with E-state index in [4.69, 9.17) is 4.74 Å². The molecule has 0 bridgehead atoms. The van der Waals surface area contributed by atoms with Gasteiger partial charge in [-0.3, -0.25) is 0 Å². The molecule has 4 nitrogen and oxygen atoms in total. The summed E-state index contributed by atoms with van der Waals surface area (Å²) in [7, 11) is 1.68. The van der Waals surface area contributed by atoms with Gasteiger partial charge in [-0.1, -0.05) is 18.7 Å². The first-order valence-electron chi connectivity index (χ1n) is 6.26. The summed E-state index contributed by atoms with van der Waals surface area (Å²) in [5, 5.41) is 7.61. The molecule has 0 unspecified atom stereocenters. The Morgan fingerprint density at radius 1 is 1.53 bits per heavy atom. The van der Waals surface area contributed by atoms with Crippen molar-refractivity contribution < 1.29 is 4.74 Å². The predicted molar refractivity (Wildman–Crippen MR) is 76.9 cm³/mol. The minimum atomic E-state index is 0.252. The van der Waals surface area contributed by atoms with Crippen molar-refractivity contribution in [2.45, 2.75) is 19.5 Å². The number of ether oxygens (including phenoxy) is 1. The number of nitrogens with zero attached hydrogens (tertiary/aromatic N) is 2. The Morgan fingerprint density at radius 3 is 3.05 bits per heavy atom. The minimum Gasteiger partial charge on any atom is -0.497 e. The zero-order chi connectivity index (χ0) is 13.7. The van der Waals surface area contributed by atoms with Gasteiger partial charge in [0.05, 0.1) is 13.3 Å². The summed E-state index contributed by atoms with van der Waals surface area (Å²) in [6.45, 7) is 6.57. The van der Waals surface area contributed by atoms with Crippen LogP contribution in [0.5, 0.6) is 5.75 Å². The molecule has 0 radical (unpaired) electrons. The first kappa shape index (κ1) is 13.4. The predicted octanol–water partition coefficient (Wildman–Crippen LogP) is 2.84. The normalized spacial score (nSPS) is 12.1. The third-order valence-corrected chi connectivity index (χ3v) is 3.05. The average molecular weight is 257 g/mol. The number of nitrogens with one attached hydrogen (secondary N) is 1. The van der Waals surface area contributed by atoms with Crippen LogP contribution in [0.25, 0.3) is 6.20 Å². The lowest BCUT2D eigenvalue weighted by atomic mass is 10.1. The van der Waals surface area contributed by atoms with Gasteiger partial charge in [0, 0.05) is 30.5 Å². The molecule has 1 aromatic carbocycles. The largest absolute Gasteiger partial charge is 0.497 e. The van der Waals surface area contributed by atoms with E-state index >= 15 is 0 Å². The van der Waals surface area contributed by atoms with Crippen molar-refractivity contribution in [3.8, 4) is 5.75 Å². The third kappa shape index (κ3) is 3.45. The second kappa shape index (κ2) is 6.20. The van der Waals surface area contributed by atoms with Crippen molar-refractivity contribution in [2.24, 2.45) is 0 Å². The molecule has 1 N–H and O–H groups in total. The fraction of sp³-hybridized carbons (Fsp3) is 0.267. The van der Waals surface area contributed by atoms with Crippen LogP contribution in [0.4, 0.5) is 0 Å². The van der Waals surface area contributed by atoms with Gasteiger partial charge in [-0.15, -0.1) is 0 Å². The monoisotopic (exact) mass is 257 g/mol. The molecule has 100 valence electrons.